The number of hydrogen-bond acceptors (Lipinski definition) is 2. The van der Waals surface area contributed by atoms with Gasteiger partial charge in [0.2, 0.25) is 0 Å². The third-order valence-corrected chi connectivity index (χ3v) is 3.55. The zero-order valence-corrected chi connectivity index (χ0v) is 13.8. The summed E-state index contributed by atoms with van der Waals surface area (Å²) < 4.78 is 13.7. The molecule has 118 valence electrons. The van der Waals surface area contributed by atoms with Crippen LogP contribution in [0.4, 0.5) is 0 Å². The van der Waals surface area contributed by atoms with Crippen LogP contribution in [0.3, 0.4) is 0 Å². The van der Waals surface area contributed by atoms with Gasteiger partial charge in [0.25, 0.3) is 0 Å². The largest absolute Gasteiger partial charge is 0.491 e. The van der Waals surface area contributed by atoms with Gasteiger partial charge in [0, 0.05) is 12.1 Å². The first kappa shape index (κ1) is 16.5. The fourth-order valence-electron chi connectivity index (χ4n) is 2.31. The maximum Gasteiger partial charge on any atom is 0.171 e. The lowest BCUT2D eigenvalue weighted by molar-refractivity contribution is -0.698. The summed E-state index contributed by atoms with van der Waals surface area (Å²) in [6.45, 7) is 9.22. The van der Waals surface area contributed by atoms with Crippen molar-refractivity contribution in [1.82, 2.24) is 0 Å². The van der Waals surface area contributed by atoms with Crippen LogP contribution in [0.5, 0.6) is 5.75 Å². The van der Waals surface area contributed by atoms with E-state index in [9.17, 15) is 0 Å². The first-order valence-electron chi connectivity index (χ1n) is 7.92. The summed E-state index contributed by atoms with van der Waals surface area (Å²) in [4.78, 5) is 0. The maximum absolute atomic E-state index is 5.90. The van der Waals surface area contributed by atoms with Crippen molar-refractivity contribution in [2.24, 2.45) is 0 Å². The van der Waals surface area contributed by atoms with Crippen LogP contribution in [0.25, 0.3) is 0 Å². The Balaban J connectivity index is 1.71. The Labute approximate surface area is 133 Å². The Hall–Kier alpha value is -1.87. The fourth-order valence-corrected chi connectivity index (χ4v) is 2.31. The SMILES string of the molecule is Cc1ccc(C(C)C)c(OCCOCC[n+]2ccccc2)c1. The predicted octanol–water partition coefficient (Wildman–Crippen LogP) is 3.50. The molecule has 0 unspecified atom stereocenters. The quantitative estimate of drug-likeness (QED) is 0.550. The van der Waals surface area contributed by atoms with Gasteiger partial charge in [-0.05, 0) is 30.0 Å². The Kier molecular flexibility index (Phi) is 6.41. The van der Waals surface area contributed by atoms with Crippen molar-refractivity contribution in [2.75, 3.05) is 19.8 Å². The van der Waals surface area contributed by atoms with Crippen LogP contribution >= 0.6 is 0 Å². The van der Waals surface area contributed by atoms with E-state index in [0.29, 0.717) is 25.7 Å². The number of ether oxygens (including phenoxy) is 2. The molecule has 0 bridgehead atoms. The molecule has 0 N–H and O–H groups in total. The summed E-state index contributed by atoms with van der Waals surface area (Å²) >= 11 is 0. The van der Waals surface area contributed by atoms with Crippen LogP contribution < -0.4 is 9.30 Å². The van der Waals surface area contributed by atoms with Crippen LogP contribution in [0.2, 0.25) is 0 Å². The lowest BCUT2D eigenvalue weighted by Crippen LogP contribution is -2.35. The van der Waals surface area contributed by atoms with E-state index in [2.05, 4.69) is 43.5 Å². The van der Waals surface area contributed by atoms with E-state index in [1.807, 2.05) is 30.6 Å². The molecule has 0 saturated heterocycles. The van der Waals surface area contributed by atoms with E-state index < -0.39 is 0 Å². The number of aryl methyl sites for hydroxylation is 1. The average Bonchev–Trinajstić information content (AvgIpc) is 2.51. The second-order valence-electron chi connectivity index (χ2n) is 5.77. The number of rotatable bonds is 8. The Bertz CT molecular complexity index is 567. The van der Waals surface area contributed by atoms with Crippen LogP contribution in [0.1, 0.15) is 30.9 Å². The lowest BCUT2D eigenvalue weighted by atomic mass is 10.0. The molecule has 1 heterocycles. The standard InChI is InChI=1S/C19H26NO2/c1-16(2)18-8-7-17(3)15-19(18)22-14-13-21-12-11-20-9-5-4-6-10-20/h4-10,15-16H,11-14H2,1-3H3/q+1. The van der Waals surface area contributed by atoms with E-state index in [1.54, 1.807) is 0 Å². The Morgan fingerprint density at radius 1 is 1.00 bits per heavy atom. The maximum atomic E-state index is 5.90. The lowest BCUT2D eigenvalue weighted by Gasteiger charge is -2.14. The summed E-state index contributed by atoms with van der Waals surface area (Å²) in [6, 6.07) is 12.5. The molecule has 0 spiro atoms. The van der Waals surface area contributed by atoms with Gasteiger partial charge in [-0.25, -0.2) is 4.57 Å². The second kappa shape index (κ2) is 8.54. The highest BCUT2D eigenvalue weighted by molar-refractivity contribution is 5.39. The molecular weight excluding hydrogens is 274 g/mol. The molecule has 0 radical (unpaired) electrons. The minimum Gasteiger partial charge on any atom is -0.491 e. The molecule has 0 aliphatic carbocycles. The van der Waals surface area contributed by atoms with Gasteiger partial charge in [0.15, 0.2) is 18.9 Å². The topological polar surface area (TPSA) is 22.3 Å². The van der Waals surface area contributed by atoms with Crippen molar-refractivity contribution in [3.05, 3.63) is 59.9 Å². The van der Waals surface area contributed by atoms with E-state index in [-0.39, 0.29) is 0 Å². The number of aromatic nitrogens is 1. The number of benzene rings is 1. The first-order chi connectivity index (χ1) is 10.7. The van der Waals surface area contributed by atoms with Gasteiger partial charge in [0.1, 0.15) is 19.0 Å². The summed E-state index contributed by atoms with van der Waals surface area (Å²) in [7, 11) is 0. The molecule has 1 aromatic heterocycles. The minimum absolute atomic E-state index is 0.464. The van der Waals surface area contributed by atoms with Crippen molar-refractivity contribution in [1.29, 1.82) is 0 Å². The van der Waals surface area contributed by atoms with E-state index in [0.717, 1.165) is 12.3 Å². The van der Waals surface area contributed by atoms with Crippen molar-refractivity contribution in [2.45, 2.75) is 33.2 Å². The Morgan fingerprint density at radius 2 is 1.77 bits per heavy atom. The van der Waals surface area contributed by atoms with Gasteiger partial charge in [-0.2, -0.15) is 0 Å². The predicted molar refractivity (Wildman–Crippen MR) is 88.2 cm³/mol. The van der Waals surface area contributed by atoms with Crippen LogP contribution in [-0.2, 0) is 11.3 Å². The van der Waals surface area contributed by atoms with E-state index >= 15 is 0 Å². The van der Waals surface area contributed by atoms with Gasteiger partial charge in [-0.15, -0.1) is 0 Å². The third kappa shape index (κ3) is 5.15. The summed E-state index contributed by atoms with van der Waals surface area (Å²) in [5, 5.41) is 0. The van der Waals surface area contributed by atoms with E-state index in [1.165, 1.54) is 11.1 Å². The molecule has 0 aliphatic heterocycles. The zero-order valence-electron chi connectivity index (χ0n) is 13.8. The Morgan fingerprint density at radius 3 is 2.50 bits per heavy atom. The van der Waals surface area contributed by atoms with Gasteiger partial charge < -0.3 is 9.47 Å². The number of nitrogens with zero attached hydrogens (tertiary/aromatic N) is 1. The first-order valence-corrected chi connectivity index (χ1v) is 7.92. The molecular formula is C19H26NO2+. The van der Waals surface area contributed by atoms with Crippen LogP contribution in [0.15, 0.2) is 48.8 Å². The molecule has 0 saturated carbocycles. The third-order valence-electron chi connectivity index (χ3n) is 3.55. The molecule has 0 atom stereocenters. The highest BCUT2D eigenvalue weighted by Crippen LogP contribution is 2.27. The van der Waals surface area contributed by atoms with Crippen molar-refractivity contribution in [3.8, 4) is 5.75 Å². The number of hydrogen-bond donors (Lipinski definition) is 0. The van der Waals surface area contributed by atoms with Crippen molar-refractivity contribution < 1.29 is 14.0 Å². The highest BCUT2D eigenvalue weighted by atomic mass is 16.5. The van der Waals surface area contributed by atoms with E-state index in [4.69, 9.17) is 9.47 Å². The molecule has 0 aliphatic rings. The normalized spacial score (nSPS) is 10.9. The monoisotopic (exact) mass is 300 g/mol. The fraction of sp³-hybridized carbons (Fsp3) is 0.421. The van der Waals surface area contributed by atoms with Crippen molar-refractivity contribution >= 4 is 0 Å². The molecule has 22 heavy (non-hydrogen) atoms. The van der Waals surface area contributed by atoms with Gasteiger partial charge >= 0.3 is 0 Å². The minimum atomic E-state index is 0.464. The average molecular weight is 300 g/mol. The molecule has 0 fully saturated rings. The second-order valence-corrected chi connectivity index (χ2v) is 5.77. The molecule has 1 aromatic carbocycles. The summed E-state index contributed by atoms with van der Waals surface area (Å²) in [5.74, 6) is 1.45. The van der Waals surface area contributed by atoms with Gasteiger partial charge in [-0.3, -0.25) is 0 Å². The molecule has 3 heteroatoms. The highest BCUT2D eigenvalue weighted by Gasteiger charge is 2.08. The summed E-state index contributed by atoms with van der Waals surface area (Å²) in [5.41, 5.74) is 2.48. The molecule has 0 amide bonds. The van der Waals surface area contributed by atoms with Crippen LogP contribution in [-0.4, -0.2) is 19.8 Å². The zero-order chi connectivity index (χ0) is 15.8. The van der Waals surface area contributed by atoms with Gasteiger partial charge in [-0.1, -0.05) is 32.0 Å². The molecule has 2 aromatic rings. The van der Waals surface area contributed by atoms with Gasteiger partial charge in [0.05, 0.1) is 6.61 Å². The summed E-state index contributed by atoms with van der Waals surface area (Å²) in [6.07, 6.45) is 4.09. The smallest absolute Gasteiger partial charge is 0.171 e. The molecule has 2 rings (SSSR count). The van der Waals surface area contributed by atoms with Crippen molar-refractivity contribution in [3.63, 3.8) is 0 Å². The number of pyridine rings is 1. The molecule has 3 nitrogen and oxygen atoms in total. The van der Waals surface area contributed by atoms with Crippen LogP contribution in [0, 0.1) is 6.92 Å².